The number of anilines is 3. The van der Waals surface area contributed by atoms with Crippen molar-refractivity contribution in [3.8, 4) is 0 Å². The van der Waals surface area contributed by atoms with E-state index in [9.17, 15) is 19.2 Å². The number of carbonyl (C=O) groups excluding carboxylic acids is 3. The van der Waals surface area contributed by atoms with E-state index in [0.29, 0.717) is 36.6 Å². The molecule has 3 aromatic carbocycles. The van der Waals surface area contributed by atoms with E-state index in [2.05, 4.69) is 15.5 Å². The lowest BCUT2D eigenvalue weighted by Gasteiger charge is -2.44. The molecule has 2 bridgehead atoms. The first-order valence-electron chi connectivity index (χ1n) is 14.5. The van der Waals surface area contributed by atoms with Crippen LogP contribution in [0.4, 0.5) is 17.1 Å². The second-order valence-corrected chi connectivity index (χ2v) is 11.1. The summed E-state index contributed by atoms with van der Waals surface area (Å²) in [5.74, 6) is -0.907. The van der Waals surface area contributed by atoms with Crippen LogP contribution in [0.3, 0.4) is 0 Å². The Kier molecular flexibility index (Phi) is 8.10. The Balaban J connectivity index is 1.31. The van der Waals surface area contributed by atoms with E-state index in [4.69, 9.17) is 4.74 Å². The molecular formula is C35H32N4O5. The molecule has 2 aliphatic heterocycles. The number of hydrogen-bond acceptors (Lipinski definition) is 6. The molecule has 9 nitrogen and oxygen atoms in total. The van der Waals surface area contributed by atoms with Crippen LogP contribution < -0.4 is 21.1 Å². The molecule has 9 heteroatoms. The summed E-state index contributed by atoms with van der Waals surface area (Å²) in [5.41, 5.74) is 4.08. The molecule has 1 saturated heterocycles. The molecule has 3 heterocycles. The fourth-order valence-electron chi connectivity index (χ4n) is 6.13. The average Bonchev–Trinajstić information content (AvgIpc) is 3.04. The van der Waals surface area contributed by atoms with Gasteiger partial charge in [0.2, 0.25) is 5.91 Å². The van der Waals surface area contributed by atoms with Gasteiger partial charge in [-0.05, 0) is 60.4 Å². The van der Waals surface area contributed by atoms with Crippen molar-refractivity contribution in [2.75, 3.05) is 35.7 Å². The molecule has 2 unspecified atom stereocenters. The summed E-state index contributed by atoms with van der Waals surface area (Å²) in [6.07, 6.45) is 4.18. The Morgan fingerprint density at radius 3 is 2.45 bits per heavy atom. The first-order valence-corrected chi connectivity index (χ1v) is 14.5. The molecule has 2 N–H and O–H groups in total. The van der Waals surface area contributed by atoms with Gasteiger partial charge in [-0.2, -0.15) is 0 Å². The maximum absolute atomic E-state index is 13.4. The lowest BCUT2D eigenvalue weighted by molar-refractivity contribution is -0.111. The minimum atomic E-state index is -0.561. The van der Waals surface area contributed by atoms with Crippen molar-refractivity contribution < 1.29 is 19.1 Å². The Morgan fingerprint density at radius 2 is 1.64 bits per heavy atom. The van der Waals surface area contributed by atoms with Crippen LogP contribution in [-0.4, -0.2) is 42.6 Å². The molecule has 0 spiro atoms. The van der Waals surface area contributed by atoms with Gasteiger partial charge >= 0.3 is 5.97 Å². The molecule has 0 aliphatic carbocycles. The molecule has 4 aromatic rings. The van der Waals surface area contributed by atoms with Gasteiger partial charge in [-0.25, -0.2) is 4.79 Å². The third-order valence-corrected chi connectivity index (χ3v) is 8.14. The second kappa shape index (κ2) is 12.4. The highest BCUT2D eigenvalue weighted by Gasteiger charge is 2.35. The van der Waals surface area contributed by atoms with Gasteiger partial charge < -0.3 is 24.8 Å². The smallest absolute Gasteiger partial charge is 0.339 e. The number of benzene rings is 3. The molecule has 222 valence electrons. The molecule has 2 aliphatic rings. The molecule has 44 heavy (non-hydrogen) atoms. The van der Waals surface area contributed by atoms with Crippen molar-refractivity contribution in [3.63, 3.8) is 0 Å². The summed E-state index contributed by atoms with van der Waals surface area (Å²) >= 11 is 0. The number of amides is 2. The van der Waals surface area contributed by atoms with E-state index < -0.39 is 11.9 Å². The summed E-state index contributed by atoms with van der Waals surface area (Å²) in [7, 11) is 1.28. The fraction of sp³-hybridized carbons (Fsp3) is 0.200. The number of pyridine rings is 1. The number of methoxy groups -OCH3 is 1. The van der Waals surface area contributed by atoms with Gasteiger partial charge in [0.25, 0.3) is 11.5 Å². The number of nitrogens with one attached hydrogen (secondary N) is 2. The monoisotopic (exact) mass is 588 g/mol. The SMILES string of the molecule is COC(=O)c1ccccc1NC(=O)c1ccc(N2CC3CC(C2)c2cccc(=O)n2C3)c(NC(=O)/C=C/c2ccccc2)c1. The van der Waals surface area contributed by atoms with Crippen molar-refractivity contribution in [2.24, 2.45) is 5.92 Å². The van der Waals surface area contributed by atoms with Crippen LogP contribution in [0.15, 0.2) is 102 Å². The lowest BCUT2D eigenvalue weighted by Crippen LogP contribution is -2.47. The van der Waals surface area contributed by atoms with Gasteiger partial charge in [-0.1, -0.05) is 48.5 Å². The topological polar surface area (TPSA) is 110 Å². The van der Waals surface area contributed by atoms with Gasteiger partial charge in [0.15, 0.2) is 0 Å². The van der Waals surface area contributed by atoms with Crippen molar-refractivity contribution in [1.82, 2.24) is 4.57 Å². The number of ether oxygens (including phenoxy) is 1. The maximum atomic E-state index is 13.4. The predicted octanol–water partition coefficient (Wildman–Crippen LogP) is 5.16. The summed E-state index contributed by atoms with van der Waals surface area (Å²) in [5, 5.41) is 5.80. The summed E-state index contributed by atoms with van der Waals surface area (Å²) in [4.78, 5) is 53.5. The van der Waals surface area contributed by atoms with Crippen LogP contribution in [-0.2, 0) is 16.1 Å². The Morgan fingerprint density at radius 1 is 0.841 bits per heavy atom. The number of para-hydroxylation sites is 1. The molecule has 1 fully saturated rings. The number of fused-ring (bicyclic) bond motifs is 4. The maximum Gasteiger partial charge on any atom is 0.339 e. The molecule has 1 aromatic heterocycles. The van der Waals surface area contributed by atoms with E-state index >= 15 is 0 Å². The minimum absolute atomic E-state index is 0.0212. The number of hydrogen-bond donors (Lipinski definition) is 2. The van der Waals surface area contributed by atoms with Gasteiger partial charge in [-0.15, -0.1) is 0 Å². The predicted molar refractivity (Wildman–Crippen MR) is 170 cm³/mol. The number of aromatic nitrogens is 1. The first kappa shape index (κ1) is 28.7. The number of rotatable bonds is 7. The van der Waals surface area contributed by atoms with Gasteiger partial charge in [0.1, 0.15) is 0 Å². The third kappa shape index (κ3) is 6.03. The van der Waals surface area contributed by atoms with Crippen molar-refractivity contribution in [1.29, 1.82) is 0 Å². The van der Waals surface area contributed by atoms with Crippen molar-refractivity contribution in [2.45, 2.75) is 18.9 Å². The quantitative estimate of drug-likeness (QED) is 0.228. The largest absolute Gasteiger partial charge is 0.465 e. The number of esters is 1. The minimum Gasteiger partial charge on any atom is -0.465 e. The van der Waals surface area contributed by atoms with Crippen LogP contribution in [0.2, 0.25) is 0 Å². The van der Waals surface area contributed by atoms with E-state index in [-0.39, 0.29) is 28.9 Å². The highest BCUT2D eigenvalue weighted by molar-refractivity contribution is 6.10. The zero-order valence-corrected chi connectivity index (χ0v) is 24.2. The van der Waals surface area contributed by atoms with E-state index in [0.717, 1.165) is 23.4 Å². The normalized spacial score (nSPS) is 17.1. The van der Waals surface area contributed by atoms with Gasteiger partial charge in [0, 0.05) is 49.0 Å². The molecule has 2 amide bonds. The standard InChI is InChI=1S/C35H32N4O5/c1-44-35(43)27-10-5-6-11-28(27)37-34(42)25-15-16-31(29(19-25)36-32(40)17-14-23-8-3-2-4-9-23)38-20-24-18-26(22-38)30-12-7-13-33(41)39(30)21-24/h2-17,19,24,26H,18,20-22H2,1H3,(H,36,40)(H,37,42)/b17-14+. The van der Waals surface area contributed by atoms with Crippen LogP contribution >= 0.6 is 0 Å². The Hall–Kier alpha value is -5.44. The van der Waals surface area contributed by atoms with E-state index in [1.54, 1.807) is 48.5 Å². The zero-order chi connectivity index (χ0) is 30.6. The zero-order valence-electron chi connectivity index (χ0n) is 24.2. The second-order valence-electron chi connectivity index (χ2n) is 11.1. The number of nitrogens with zero attached hydrogens (tertiary/aromatic N) is 2. The van der Waals surface area contributed by atoms with Crippen LogP contribution in [0.1, 0.15) is 44.3 Å². The fourth-order valence-corrected chi connectivity index (χ4v) is 6.13. The highest BCUT2D eigenvalue weighted by atomic mass is 16.5. The summed E-state index contributed by atoms with van der Waals surface area (Å²) < 4.78 is 6.74. The molecule has 0 saturated carbocycles. The van der Waals surface area contributed by atoms with Crippen LogP contribution in [0, 0.1) is 5.92 Å². The molecule has 6 rings (SSSR count). The number of carbonyl (C=O) groups is 3. The van der Waals surface area contributed by atoms with Crippen LogP contribution in [0.5, 0.6) is 0 Å². The lowest BCUT2D eigenvalue weighted by atomic mass is 9.83. The summed E-state index contributed by atoms with van der Waals surface area (Å²) in [6, 6.07) is 26.8. The highest BCUT2D eigenvalue weighted by Crippen LogP contribution is 2.39. The van der Waals surface area contributed by atoms with Gasteiger partial charge in [0.05, 0.1) is 29.7 Å². The van der Waals surface area contributed by atoms with Gasteiger partial charge in [-0.3, -0.25) is 14.4 Å². The summed E-state index contributed by atoms with van der Waals surface area (Å²) in [6.45, 7) is 2.02. The van der Waals surface area contributed by atoms with E-state index in [1.165, 1.54) is 13.2 Å². The van der Waals surface area contributed by atoms with E-state index in [1.807, 2.05) is 53.1 Å². The third-order valence-electron chi connectivity index (χ3n) is 8.14. The Bertz CT molecular complexity index is 1810. The molecular weight excluding hydrogens is 556 g/mol. The number of piperidine rings is 1. The van der Waals surface area contributed by atoms with Crippen LogP contribution in [0.25, 0.3) is 6.08 Å². The van der Waals surface area contributed by atoms with Crippen molar-refractivity contribution >= 4 is 40.9 Å². The van der Waals surface area contributed by atoms with Crippen molar-refractivity contribution in [3.05, 3.63) is 130 Å². The first-order chi connectivity index (χ1) is 21.4. The molecule has 2 atom stereocenters. The Labute approximate surface area is 254 Å². The molecule has 0 radical (unpaired) electrons. The average molecular weight is 589 g/mol.